The number of rotatable bonds is 3. The molecule has 2 heteroatoms. The molecular weight excluding hydrogens is 126 g/mol. The van der Waals surface area contributed by atoms with Gasteiger partial charge in [-0.1, -0.05) is 13.8 Å². The Bertz CT molecular complexity index is 116. The molecule has 0 saturated heterocycles. The lowest BCUT2D eigenvalue weighted by molar-refractivity contribution is -0.488. The maximum Gasteiger partial charge on any atom is 0.157 e. The molecule has 0 aliphatic heterocycles. The molecule has 0 saturated carbocycles. The highest BCUT2D eigenvalue weighted by molar-refractivity contribution is 5.51. The topological polar surface area (TPSA) is 26.1 Å². The van der Waals surface area contributed by atoms with Crippen molar-refractivity contribution in [1.82, 2.24) is 0 Å². The Kier molecular flexibility index (Phi) is 4.08. The van der Waals surface area contributed by atoms with E-state index in [-0.39, 0.29) is 6.04 Å². The average Bonchev–Trinajstić information content (AvgIpc) is 1.82. The first-order valence-corrected chi connectivity index (χ1v) is 3.82. The van der Waals surface area contributed by atoms with Crippen molar-refractivity contribution < 1.29 is 4.74 Å². The van der Waals surface area contributed by atoms with Crippen LogP contribution in [0.3, 0.4) is 0 Å². The molecule has 60 valence electrons. The van der Waals surface area contributed by atoms with E-state index < -0.39 is 0 Å². The third kappa shape index (κ3) is 4.36. The molecule has 0 amide bonds. The fourth-order valence-electron chi connectivity index (χ4n) is 0.526. The van der Waals surface area contributed by atoms with Crippen LogP contribution < -0.4 is 0 Å². The highest BCUT2D eigenvalue weighted by Crippen LogP contribution is 1.96. The predicted molar refractivity (Wildman–Crippen MR) is 44.3 cm³/mol. The Morgan fingerprint density at radius 3 is 2.10 bits per heavy atom. The van der Waals surface area contributed by atoms with Gasteiger partial charge in [0.05, 0.1) is 0 Å². The molecule has 0 N–H and O–H groups in total. The van der Waals surface area contributed by atoms with Gasteiger partial charge in [0, 0.05) is 6.42 Å². The molecule has 0 aromatic heterocycles. The standard InChI is InChI=1S/C8H17NO/c1-7(2)5-6-9(10)8(3)4/h6-8H,5H2,1-4H3. The molecule has 0 radical (unpaired) electrons. The van der Waals surface area contributed by atoms with Crippen molar-refractivity contribution in [2.45, 2.75) is 40.2 Å². The molecule has 0 aliphatic rings. The van der Waals surface area contributed by atoms with E-state index in [4.69, 9.17) is 0 Å². The highest BCUT2D eigenvalue weighted by Gasteiger charge is 1.99. The summed E-state index contributed by atoms with van der Waals surface area (Å²) >= 11 is 0. The Morgan fingerprint density at radius 1 is 1.30 bits per heavy atom. The second-order valence-corrected chi connectivity index (χ2v) is 3.27. The monoisotopic (exact) mass is 143 g/mol. The quantitative estimate of drug-likeness (QED) is 0.257. The summed E-state index contributed by atoms with van der Waals surface area (Å²) in [5.41, 5.74) is 0. The number of hydroxylamine groups is 1. The molecule has 0 aromatic rings. The van der Waals surface area contributed by atoms with Crippen molar-refractivity contribution in [3.63, 3.8) is 0 Å². The lowest BCUT2D eigenvalue weighted by Gasteiger charge is -2.07. The van der Waals surface area contributed by atoms with Gasteiger partial charge in [-0.05, 0) is 19.8 Å². The summed E-state index contributed by atoms with van der Waals surface area (Å²) in [7, 11) is 0. The summed E-state index contributed by atoms with van der Waals surface area (Å²) in [5, 5.41) is 10.9. The van der Waals surface area contributed by atoms with Gasteiger partial charge in [-0.3, -0.25) is 0 Å². The lowest BCUT2D eigenvalue weighted by atomic mass is 10.1. The maximum absolute atomic E-state index is 10.9. The van der Waals surface area contributed by atoms with Crippen molar-refractivity contribution in [3.05, 3.63) is 5.21 Å². The van der Waals surface area contributed by atoms with E-state index in [9.17, 15) is 5.21 Å². The summed E-state index contributed by atoms with van der Waals surface area (Å²) in [4.78, 5) is 0. The number of hydrogen-bond acceptors (Lipinski definition) is 1. The fourth-order valence-corrected chi connectivity index (χ4v) is 0.526. The summed E-state index contributed by atoms with van der Waals surface area (Å²) in [6, 6.07) is 0.0822. The Hall–Kier alpha value is -0.530. The maximum atomic E-state index is 10.9. The minimum Gasteiger partial charge on any atom is -0.624 e. The van der Waals surface area contributed by atoms with E-state index in [0.717, 1.165) is 11.2 Å². The van der Waals surface area contributed by atoms with Crippen molar-refractivity contribution in [2.24, 2.45) is 5.92 Å². The molecule has 0 aliphatic carbocycles. The number of hydrogen-bond donors (Lipinski definition) is 0. The van der Waals surface area contributed by atoms with Crippen LogP contribution in [0, 0.1) is 11.1 Å². The highest BCUT2D eigenvalue weighted by atomic mass is 16.5. The third-order valence-corrected chi connectivity index (χ3v) is 1.27. The van der Waals surface area contributed by atoms with Crippen molar-refractivity contribution in [1.29, 1.82) is 0 Å². The molecule has 0 bridgehead atoms. The predicted octanol–water partition coefficient (Wildman–Crippen LogP) is 2.02. The molecule has 0 unspecified atom stereocenters. The van der Waals surface area contributed by atoms with Gasteiger partial charge in [0.2, 0.25) is 0 Å². The van der Waals surface area contributed by atoms with Gasteiger partial charge in [0.25, 0.3) is 0 Å². The van der Waals surface area contributed by atoms with Crippen molar-refractivity contribution in [3.8, 4) is 0 Å². The van der Waals surface area contributed by atoms with Crippen LogP contribution in [0.15, 0.2) is 0 Å². The van der Waals surface area contributed by atoms with Crippen molar-refractivity contribution in [2.75, 3.05) is 0 Å². The molecule has 0 atom stereocenters. The van der Waals surface area contributed by atoms with Gasteiger partial charge in [-0.15, -0.1) is 0 Å². The first-order chi connectivity index (χ1) is 4.54. The molecule has 2 nitrogen and oxygen atoms in total. The summed E-state index contributed by atoms with van der Waals surface area (Å²) in [5.74, 6) is 0.579. The van der Waals surface area contributed by atoms with E-state index in [1.165, 1.54) is 0 Å². The zero-order valence-corrected chi connectivity index (χ0v) is 7.29. The van der Waals surface area contributed by atoms with Gasteiger partial charge in [-0.2, -0.15) is 0 Å². The van der Waals surface area contributed by atoms with Crippen LogP contribution in [0.5, 0.6) is 0 Å². The first kappa shape index (κ1) is 9.47. The van der Waals surface area contributed by atoms with E-state index in [1.807, 2.05) is 13.8 Å². The van der Waals surface area contributed by atoms with Crippen LogP contribution in [0.4, 0.5) is 0 Å². The molecule has 0 aromatic carbocycles. The van der Waals surface area contributed by atoms with Crippen LogP contribution in [0.25, 0.3) is 0 Å². The fraction of sp³-hybridized carbons (Fsp3) is 0.875. The lowest BCUT2D eigenvalue weighted by Crippen LogP contribution is -2.15. The van der Waals surface area contributed by atoms with E-state index in [2.05, 4.69) is 13.8 Å². The largest absolute Gasteiger partial charge is 0.624 e. The van der Waals surface area contributed by atoms with E-state index >= 15 is 0 Å². The van der Waals surface area contributed by atoms with Crippen LogP contribution in [0.2, 0.25) is 0 Å². The SMILES string of the molecule is CC(C)CC=[N+]([O-])C(C)C. The van der Waals surface area contributed by atoms with E-state index in [0.29, 0.717) is 5.92 Å². The van der Waals surface area contributed by atoms with Gasteiger partial charge in [-0.25, -0.2) is 4.74 Å². The molecule has 0 rings (SSSR count). The molecule has 10 heavy (non-hydrogen) atoms. The third-order valence-electron chi connectivity index (χ3n) is 1.27. The van der Waals surface area contributed by atoms with Crippen LogP contribution >= 0.6 is 0 Å². The summed E-state index contributed by atoms with van der Waals surface area (Å²) in [6.45, 7) is 7.99. The van der Waals surface area contributed by atoms with Crippen LogP contribution in [0.1, 0.15) is 34.1 Å². The first-order valence-electron chi connectivity index (χ1n) is 3.82. The Labute approximate surface area is 63.1 Å². The molecular formula is C8H17NO. The Morgan fingerprint density at radius 2 is 1.80 bits per heavy atom. The van der Waals surface area contributed by atoms with Gasteiger partial charge in [0.15, 0.2) is 12.3 Å². The second kappa shape index (κ2) is 4.31. The van der Waals surface area contributed by atoms with Crippen LogP contribution in [-0.4, -0.2) is 17.0 Å². The van der Waals surface area contributed by atoms with Gasteiger partial charge < -0.3 is 5.21 Å². The summed E-state index contributed by atoms with van der Waals surface area (Å²) in [6.07, 6.45) is 2.59. The summed E-state index contributed by atoms with van der Waals surface area (Å²) < 4.78 is 1.01. The molecule has 0 spiro atoms. The minimum atomic E-state index is 0.0822. The van der Waals surface area contributed by atoms with E-state index in [1.54, 1.807) is 6.21 Å². The normalized spacial score (nSPS) is 13.2. The van der Waals surface area contributed by atoms with Crippen molar-refractivity contribution >= 4 is 6.21 Å². The Balaban J connectivity index is 3.69. The average molecular weight is 143 g/mol. The molecule has 0 fully saturated rings. The van der Waals surface area contributed by atoms with Gasteiger partial charge in [0.1, 0.15) is 0 Å². The van der Waals surface area contributed by atoms with Gasteiger partial charge >= 0.3 is 0 Å². The second-order valence-electron chi connectivity index (χ2n) is 3.27. The molecule has 0 heterocycles. The van der Waals surface area contributed by atoms with Crippen LogP contribution in [-0.2, 0) is 0 Å². The zero-order valence-electron chi connectivity index (χ0n) is 7.29. The minimum absolute atomic E-state index is 0.0822. The number of nitrogens with zero attached hydrogens (tertiary/aromatic N) is 1. The smallest absolute Gasteiger partial charge is 0.157 e. The zero-order chi connectivity index (χ0) is 8.15.